The Kier molecular flexibility index (Phi) is 3.61. The zero-order valence-electron chi connectivity index (χ0n) is 12.9. The van der Waals surface area contributed by atoms with Crippen molar-refractivity contribution in [2.45, 2.75) is 20.0 Å². The fraction of sp³-hybridized carbons (Fsp3) is 0.188. The summed E-state index contributed by atoms with van der Waals surface area (Å²) < 4.78 is 7.13. The van der Waals surface area contributed by atoms with Gasteiger partial charge in [0.1, 0.15) is 0 Å². The summed E-state index contributed by atoms with van der Waals surface area (Å²) >= 11 is 0. The van der Waals surface area contributed by atoms with E-state index < -0.39 is 5.91 Å². The van der Waals surface area contributed by atoms with E-state index in [2.05, 4.69) is 10.1 Å². The third-order valence-corrected chi connectivity index (χ3v) is 3.37. The first-order valence-corrected chi connectivity index (χ1v) is 7.15. The van der Waals surface area contributed by atoms with Crippen molar-refractivity contribution in [3.63, 3.8) is 0 Å². The molecule has 4 N–H and O–H groups in total. The molecule has 0 saturated carbocycles. The Morgan fingerprint density at radius 3 is 2.65 bits per heavy atom. The molecule has 0 aliphatic heterocycles. The Hall–Kier alpha value is -3.09. The number of carbonyl (C=O) groups is 1. The number of primary amides is 1. The molecule has 7 heteroatoms. The van der Waals surface area contributed by atoms with Gasteiger partial charge in [0, 0.05) is 29.6 Å². The lowest BCUT2D eigenvalue weighted by atomic mass is 10.1. The zero-order chi connectivity index (χ0) is 16.6. The predicted molar refractivity (Wildman–Crippen MR) is 87.1 cm³/mol. The van der Waals surface area contributed by atoms with E-state index in [1.165, 1.54) is 6.20 Å². The van der Waals surface area contributed by atoms with Gasteiger partial charge < -0.3 is 16.2 Å². The number of amides is 1. The van der Waals surface area contributed by atoms with E-state index in [0.717, 1.165) is 11.1 Å². The van der Waals surface area contributed by atoms with Gasteiger partial charge in [-0.3, -0.25) is 4.79 Å². The summed E-state index contributed by atoms with van der Waals surface area (Å²) in [5.74, 6) is -0.0294. The highest BCUT2D eigenvalue weighted by atomic mass is 16.5. The van der Waals surface area contributed by atoms with Gasteiger partial charge in [-0.1, -0.05) is 0 Å². The first kappa shape index (κ1) is 14.8. The first-order chi connectivity index (χ1) is 11.0. The summed E-state index contributed by atoms with van der Waals surface area (Å²) in [5.41, 5.74) is 14.2. The van der Waals surface area contributed by atoms with Crippen LogP contribution in [0.1, 0.15) is 24.2 Å². The van der Waals surface area contributed by atoms with Gasteiger partial charge in [-0.25, -0.2) is 9.50 Å². The van der Waals surface area contributed by atoms with Crippen LogP contribution < -0.4 is 16.2 Å². The lowest BCUT2D eigenvalue weighted by Crippen LogP contribution is -2.15. The number of rotatable bonds is 4. The first-order valence-electron chi connectivity index (χ1n) is 7.15. The number of aromatic nitrogens is 3. The molecule has 0 bridgehead atoms. The average molecular weight is 311 g/mol. The molecule has 0 spiro atoms. The molecule has 0 fully saturated rings. The standard InChI is InChI=1S/C16H17N5O2/c1-9(2)23-14-4-3-10(6-19-14)11-5-13-15(17)12(16(18)22)7-20-21(13)8-11/h3-9H,17H2,1-2H3,(H2,18,22). The molecule has 1 amide bonds. The number of nitrogen functional groups attached to an aromatic ring is 1. The van der Waals surface area contributed by atoms with E-state index in [9.17, 15) is 4.79 Å². The van der Waals surface area contributed by atoms with Gasteiger partial charge in [-0.15, -0.1) is 0 Å². The van der Waals surface area contributed by atoms with Crippen molar-refractivity contribution in [2.75, 3.05) is 5.73 Å². The number of nitrogens with two attached hydrogens (primary N) is 2. The summed E-state index contributed by atoms with van der Waals surface area (Å²) in [4.78, 5) is 15.6. The van der Waals surface area contributed by atoms with Gasteiger partial charge in [0.05, 0.1) is 29.1 Å². The lowest BCUT2D eigenvalue weighted by Gasteiger charge is -2.08. The topological polar surface area (TPSA) is 109 Å². The molecule has 7 nitrogen and oxygen atoms in total. The van der Waals surface area contributed by atoms with E-state index in [-0.39, 0.29) is 11.7 Å². The van der Waals surface area contributed by atoms with Crippen molar-refractivity contribution >= 4 is 17.1 Å². The van der Waals surface area contributed by atoms with Crippen molar-refractivity contribution in [3.8, 4) is 17.0 Å². The molecule has 3 rings (SSSR count). The number of anilines is 1. The van der Waals surface area contributed by atoms with Crippen LogP contribution in [0.2, 0.25) is 0 Å². The van der Waals surface area contributed by atoms with Crippen LogP contribution >= 0.6 is 0 Å². The van der Waals surface area contributed by atoms with Crippen LogP contribution in [0, 0.1) is 0 Å². The molecule has 3 aromatic rings. The Balaban J connectivity index is 2.00. The number of hydrogen-bond donors (Lipinski definition) is 2. The van der Waals surface area contributed by atoms with Crippen LogP contribution in [-0.2, 0) is 0 Å². The van der Waals surface area contributed by atoms with Crippen LogP contribution in [0.5, 0.6) is 5.88 Å². The maximum Gasteiger partial charge on any atom is 0.252 e. The summed E-state index contributed by atoms with van der Waals surface area (Å²) in [7, 11) is 0. The Bertz CT molecular complexity index is 868. The second-order valence-corrected chi connectivity index (χ2v) is 5.45. The van der Waals surface area contributed by atoms with Gasteiger partial charge >= 0.3 is 0 Å². The molecule has 118 valence electrons. The van der Waals surface area contributed by atoms with Gasteiger partial charge in [0.25, 0.3) is 5.91 Å². The molecule has 0 radical (unpaired) electrons. The minimum atomic E-state index is -0.600. The van der Waals surface area contributed by atoms with Crippen molar-refractivity contribution in [3.05, 3.63) is 42.4 Å². The summed E-state index contributed by atoms with van der Waals surface area (Å²) in [6.07, 6.45) is 4.97. The highest BCUT2D eigenvalue weighted by Crippen LogP contribution is 2.27. The van der Waals surface area contributed by atoms with Gasteiger partial charge in [-0.05, 0) is 26.0 Å². The van der Waals surface area contributed by atoms with Crippen molar-refractivity contribution in [2.24, 2.45) is 5.73 Å². The third kappa shape index (κ3) is 2.80. The third-order valence-electron chi connectivity index (χ3n) is 3.37. The van der Waals surface area contributed by atoms with E-state index in [4.69, 9.17) is 16.2 Å². The molecule has 0 aromatic carbocycles. The molecule has 0 aliphatic rings. The molecule has 3 heterocycles. The maximum absolute atomic E-state index is 11.3. The number of fused-ring (bicyclic) bond motifs is 1. The normalized spacial score (nSPS) is 11.1. The van der Waals surface area contributed by atoms with E-state index in [1.807, 2.05) is 38.2 Å². The van der Waals surface area contributed by atoms with Gasteiger partial charge in [0.2, 0.25) is 5.88 Å². The molecule has 3 aromatic heterocycles. The summed E-state index contributed by atoms with van der Waals surface area (Å²) in [6, 6.07) is 5.56. The molecular weight excluding hydrogens is 294 g/mol. The minimum Gasteiger partial charge on any atom is -0.475 e. The molecule has 0 atom stereocenters. The molecule has 23 heavy (non-hydrogen) atoms. The number of ether oxygens (including phenoxy) is 1. The average Bonchev–Trinajstić information content (AvgIpc) is 2.92. The van der Waals surface area contributed by atoms with E-state index >= 15 is 0 Å². The van der Waals surface area contributed by atoms with E-state index in [1.54, 1.807) is 10.7 Å². The van der Waals surface area contributed by atoms with Crippen molar-refractivity contribution in [1.29, 1.82) is 0 Å². The molecule has 0 aliphatic carbocycles. The zero-order valence-corrected chi connectivity index (χ0v) is 12.9. The van der Waals surface area contributed by atoms with Crippen LogP contribution in [0.3, 0.4) is 0 Å². The van der Waals surface area contributed by atoms with Crippen molar-refractivity contribution in [1.82, 2.24) is 14.6 Å². The molecule has 0 unspecified atom stereocenters. The molecular formula is C16H17N5O2. The number of hydrogen-bond acceptors (Lipinski definition) is 5. The van der Waals surface area contributed by atoms with Gasteiger partial charge in [0.15, 0.2) is 0 Å². The molecule has 0 saturated heterocycles. The van der Waals surface area contributed by atoms with Crippen LogP contribution in [0.4, 0.5) is 5.69 Å². The number of nitrogens with zero attached hydrogens (tertiary/aromatic N) is 3. The Morgan fingerprint density at radius 1 is 1.26 bits per heavy atom. The van der Waals surface area contributed by atoms with Crippen LogP contribution in [-0.4, -0.2) is 26.6 Å². The highest BCUT2D eigenvalue weighted by molar-refractivity contribution is 6.01. The SMILES string of the molecule is CC(C)Oc1ccc(-c2cc3c(N)c(C(N)=O)cnn3c2)cn1. The number of pyridine rings is 1. The number of carbonyl (C=O) groups excluding carboxylic acids is 1. The fourth-order valence-corrected chi connectivity index (χ4v) is 2.29. The highest BCUT2D eigenvalue weighted by Gasteiger charge is 2.13. The summed E-state index contributed by atoms with van der Waals surface area (Å²) in [5, 5.41) is 4.16. The largest absolute Gasteiger partial charge is 0.475 e. The quantitative estimate of drug-likeness (QED) is 0.764. The Morgan fingerprint density at radius 2 is 2.04 bits per heavy atom. The second kappa shape index (κ2) is 5.60. The maximum atomic E-state index is 11.3. The fourth-order valence-electron chi connectivity index (χ4n) is 2.29. The van der Waals surface area contributed by atoms with Crippen LogP contribution in [0.25, 0.3) is 16.6 Å². The van der Waals surface area contributed by atoms with E-state index in [0.29, 0.717) is 17.1 Å². The minimum absolute atomic E-state index is 0.0710. The Labute approximate surface area is 132 Å². The predicted octanol–water partition coefficient (Wildman–Crippen LogP) is 1.86. The lowest BCUT2D eigenvalue weighted by molar-refractivity contribution is 0.100. The second-order valence-electron chi connectivity index (χ2n) is 5.45. The van der Waals surface area contributed by atoms with Crippen LogP contribution in [0.15, 0.2) is 36.8 Å². The summed E-state index contributed by atoms with van der Waals surface area (Å²) in [6.45, 7) is 3.89. The van der Waals surface area contributed by atoms with Crippen molar-refractivity contribution < 1.29 is 9.53 Å². The smallest absolute Gasteiger partial charge is 0.252 e. The monoisotopic (exact) mass is 311 g/mol. The van der Waals surface area contributed by atoms with Gasteiger partial charge in [-0.2, -0.15) is 5.10 Å².